The summed E-state index contributed by atoms with van der Waals surface area (Å²) in [5, 5.41) is 8.50. The molecule has 0 unspecified atom stereocenters. The summed E-state index contributed by atoms with van der Waals surface area (Å²) in [5.74, 6) is 0.245. The molecule has 0 saturated carbocycles. The molecule has 0 saturated heterocycles. The van der Waals surface area contributed by atoms with Crippen molar-refractivity contribution in [1.82, 2.24) is 29.5 Å². The summed E-state index contributed by atoms with van der Waals surface area (Å²) in [6, 6.07) is 1.33. The fourth-order valence-electron chi connectivity index (χ4n) is 2.92. The lowest BCUT2D eigenvalue weighted by molar-refractivity contribution is 0.146. The molecule has 0 N–H and O–H groups in total. The zero-order valence-corrected chi connectivity index (χ0v) is 16.1. The maximum atomic E-state index is 13.4. The molecule has 27 heavy (non-hydrogen) atoms. The first-order valence-corrected chi connectivity index (χ1v) is 8.70. The summed E-state index contributed by atoms with van der Waals surface area (Å²) < 4.78 is 30.4. The molecular formula is C18H23F2N7. The van der Waals surface area contributed by atoms with E-state index in [1.54, 1.807) is 29.0 Å². The lowest BCUT2D eigenvalue weighted by atomic mass is 10.1. The first-order valence-electron chi connectivity index (χ1n) is 8.70. The molecule has 0 spiro atoms. The van der Waals surface area contributed by atoms with E-state index in [0.29, 0.717) is 18.8 Å². The summed E-state index contributed by atoms with van der Waals surface area (Å²) in [5.41, 5.74) is 3.76. The predicted octanol–water partition coefficient (Wildman–Crippen LogP) is 3.28. The Kier molecular flexibility index (Phi) is 5.20. The van der Waals surface area contributed by atoms with E-state index in [4.69, 9.17) is 0 Å². The van der Waals surface area contributed by atoms with E-state index in [-0.39, 0.29) is 11.6 Å². The van der Waals surface area contributed by atoms with Crippen LogP contribution in [0.5, 0.6) is 0 Å². The van der Waals surface area contributed by atoms with Gasteiger partial charge in [0.1, 0.15) is 5.69 Å². The van der Waals surface area contributed by atoms with Gasteiger partial charge < -0.3 is 4.90 Å². The average molecular weight is 375 g/mol. The van der Waals surface area contributed by atoms with Gasteiger partial charge in [-0.2, -0.15) is 10.2 Å². The molecule has 0 aliphatic rings. The van der Waals surface area contributed by atoms with E-state index in [2.05, 4.69) is 20.2 Å². The number of alkyl halides is 2. The first-order chi connectivity index (χ1) is 12.8. The maximum Gasteiger partial charge on any atom is 0.280 e. The lowest BCUT2D eigenvalue weighted by Gasteiger charge is -2.18. The molecule has 0 aromatic carbocycles. The van der Waals surface area contributed by atoms with Crippen LogP contribution in [0.3, 0.4) is 0 Å². The van der Waals surface area contributed by atoms with Crippen molar-refractivity contribution < 1.29 is 8.78 Å². The van der Waals surface area contributed by atoms with Gasteiger partial charge in [-0.15, -0.1) is 0 Å². The highest BCUT2D eigenvalue weighted by molar-refractivity contribution is 5.63. The standard InChI is InChI=1S/C18H23F2N7/c1-6-27-12(3)14(9-22-27)15-7-16(17(19)20)24-18(23-15)25(4)10-13-8-21-26(5)11(13)2/h7-9,17H,6,10H2,1-5H3. The monoisotopic (exact) mass is 375 g/mol. The molecule has 3 aromatic rings. The Morgan fingerprint density at radius 3 is 2.41 bits per heavy atom. The van der Waals surface area contributed by atoms with Gasteiger partial charge in [0.15, 0.2) is 0 Å². The molecule has 0 radical (unpaired) electrons. The van der Waals surface area contributed by atoms with E-state index in [9.17, 15) is 8.78 Å². The Bertz CT molecular complexity index is 945. The molecule has 0 bridgehead atoms. The van der Waals surface area contributed by atoms with E-state index < -0.39 is 6.43 Å². The summed E-state index contributed by atoms with van der Waals surface area (Å²) in [4.78, 5) is 10.3. The number of rotatable bonds is 6. The minimum atomic E-state index is -2.68. The Labute approximate surface area is 156 Å². The Morgan fingerprint density at radius 2 is 1.85 bits per heavy atom. The molecule has 0 aliphatic heterocycles. The average Bonchev–Trinajstić information content (AvgIpc) is 3.18. The van der Waals surface area contributed by atoms with Gasteiger partial charge in [-0.3, -0.25) is 9.36 Å². The van der Waals surface area contributed by atoms with Gasteiger partial charge >= 0.3 is 0 Å². The molecule has 0 aliphatic carbocycles. The molecular weight excluding hydrogens is 352 g/mol. The van der Waals surface area contributed by atoms with Crippen LogP contribution in [-0.4, -0.2) is 36.6 Å². The number of hydrogen-bond donors (Lipinski definition) is 0. The van der Waals surface area contributed by atoms with Gasteiger partial charge in [-0.05, 0) is 26.8 Å². The number of anilines is 1. The van der Waals surface area contributed by atoms with E-state index in [1.165, 1.54) is 6.07 Å². The van der Waals surface area contributed by atoms with Gasteiger partial charge in [-0.25, -0.2) is 18.7 Å². The van der Waals surface area contributed by atoms with Crippen LogP contribution in [0.15, 0.2) is 18.5 Å². The third kappa shape index (κ3) is 3.67. The number of aryl methyl sites for hydroxylation is 2. The topological polar surface area (TPSA) is 64.7 Å². The molecule has 0 fully saturated rings. The summed E-state index contributed by atoms with van der Waals surface area (Å²) in [6.45, 7) is 7.01. The molecule has 0 amide bonds. The van der Waals surface area contributed by atoms with E-state index in [1.807, 2.05) is 32.5 Å². The van der Waals surface area contributed by atoms with Crippen LogP contribution in [0.4, 0.5) is 14.7 Å². The van der Waals surface area contributed by atoms with Crippen LogP contribution in [0.1, 0.15) is 36.0 Å². The Hall–Kier alpha value is -2.84. The predicted molar refractivity (Wildman–Crippen MR) is 98.7 cm³/mol. The minimum absolute atomic E-state index is 0.245. The van der Waals surface area contributed by atoms with Crippen LogP contribution in [0, 0.1) is 13.8 Å². The van der Waals surface area contributed by atoms with Gasteiger partial charge in [-0.1, -0.05) is 0 Å². The van der Waals surface area contributed by atoms with Gasteiger partial charge in [0.05, 0.1) is 18.1 Å². The second-order valence-electron chi connectivity index (χ2n) is 6.47. The first kappa shape index (κ1) is 18.9. The number of hydrogen-bond acceptors (Lipinski definition) is 5. The third-order valence-corrected chi connectivity index (χ3v) is 4.72. The Balaban J connectivity index is 2.00. The van der Waals surface area contributed by atoms with Crippen LogP contribution < -0.4 is 4.90 Å². The number of halogens is 2. The molecule has 3 heterocycles. The zero-order chi connectivity index (χ0) is 19.7. The van der Waals surface area contributed by atoms with Crippen LogP contribution in [0.25, 0.3) is 11.3 Å². The van der Waals surface area contributed by atoms with Crippen LogP contribution in [0.2, 0.25) is 0 Å². The molecule has 0 atom stereocenters. The van der Waals surface area contributed by atoms with Crippen molar-refractivity contribution in [2.24, 2.45) is 7.05 Å². The molecule has 7 nitrogen and oxygen atoms in total. The van der Waals surface area contributed by atoms with Crippen molar-refractivity contribution in [3.63, 3.8) is 0 Å². The van der Waals surface area contributed by atoms with E-state index >= 15 is 0 Å². The van der Waals surface area contributed by atoms with Crippen molar-refractivity contribution >= 4 is 5.95 Å². The second-order valence-corrected chi connectivity index (χ2v) is 6.47. The third-order valence-electron chi connectivity index (χ3n) is 4.72. The fraction of sp³-hybridized carbons (Fsp3) is 0.444. The quantitative estimate of drug-likeness (QED) is 0.662. The van der Waals surface area contributed by atoms with E-state index in [0.717, 1.165) is 22.5 Å². The van der Waals surface area contributed by atoms with Crippen LogP contribution in [-0.2, 0) is 20.1 Å². The highest BCUT2D eigenvalue weighted by atomic mass is 19.3. The fourth-order valence-corrected chi connectivity index (χ4v) is 2.92. The summed E-state index contributed by atoms with van der Waals surface area (Å²) >= 11 is 0. The van der Waals surface area contributed by atoms with Crippen molar-refractivity contribution in [2.45, 2.75) is 40.3 Å². The molecule has 3 aromatic heterocycles. The summed E-state index contributed by atoms with van der Waals surface area (Å²) in [7, 11) is 3.64. The molecule has 3 rings (SSSR count). The van der Waals surface area contributed by atoms with Crippen LogP contribution >= 0.6 is 0 Å². The zero-order valence-electron chi connectivity index (χ0n) is 16.1. The molecule has 9 heteroatoms. The van der Waals surface area contributed by atoms with Crippen molar-refractivity contribution in [3.8, 4) is 11.3 Å². The smallest absolute Gasteiger partial charge is 0.280 e. The lowest BCUT2D eigenvalue weighted by Crippen LogP contribution is -2.20. The number of aromatic nitrogens is 6. The van der Waals surface area contributed by atoms with Crippen molar-refractivity contribution in [3.05, 3.63) is 41.1 Å². The highest BCUT2D eigenvalue weighted by Crippen LogP contribution is 2.28. The molecule has 144 valence electrons. The number of nitrogens with zero attached hydrogens (tertiary/aromatic N) is 7. The van der Waals surface area contributed by atoms with Crippen molar-refractivity contribution in [1.29, 1.82) is 0 Å². The summed E-state index contributed by atoms with van der Waals surface area (Å²) in [6.07, 6.45) is 0.741. The SMILES string of the molecule is CCn1ncc(-c2cc(C(F)F)nc(N(C)Cc3cnn(C)c3C)n2)c1C. The maximum absolute atomic E-state index is 13.4. The Morgan fingerprint density at radius 1 is 1.11 bits per heavy atom. The normalized spacial score (nSPS) is 11.4. The van der Waals surface area contributed by atoms with Crippen molar-refractivity contribution in [2.75, 3.05) is 11.9 Å². The second kappa shape index (κ2) is 7.42. The highest BCUT2D eigenvalue weighted by Gasteiger charge is 2.19. The largest absolute Gasteiger partial charge is 0.339 e. The van der Waals surface area contributed by atoms with Gasteiger partial charge in [0.2, 0.25) is 5.95 Å². The van der Waals surface area contributed by atoms with Gasteiger partial charge in [0, 0.05) is 49.7 Å². The minimum Gasteiger partial charge on any atom is -0.339 e. The van der Waals surface area contributed by atoms with Gasteiger partial charge in [0.25, 0.3) is 6.43 Å².